The molecule has 6 heteroatoms. The third-order valence-corrected chi connectivity index (χ3v) is 5.43. The van der Waals surface area contributed by atoms with Crippen LogP contribution in [0, 0.1) is 5.82 Å². The van der Waals surface area contributed by atoms with Crippen molar-refractivity contribution in [3.8, 4) is 0 Å². The molecule has 146 valence electrons. The molecule has 0 spiro atoms. The van der Waals surface area contributed by atoms with E-state index in [0.29, 0.717) is 12.5 Å². The van der Waals surface area contributed by atoms with Gasteiger partial charge in [0.25, 0.3) is 0 Å². The summed E-state index contributed by atoms with van der Waals surface area (Å²) in [6, 6.07) is 8.92. The maximum absolute atomic E-state index is 13.3. The topological polar surface area (TPSA) is 62.5 Å². The van der Waals surface area contributed by atoms with Gasteiger partial charge in [0.1, 0.15) is 5.82 Å². The molecule has 1 aliphatic rings. The Morgan fingerprint density at radius 3 is 2.52 bits per heavy atom. The molecule has 0 radical (unpaired) electrons. The largest absolute Gasteiger partial charge is 0.359 e. The number of nitrogens with zero attached hydrogens (tertiary/aromatic N) is 2. The van der Waals surface area contributed by atoms with Gasteiger partial charge < -0.3 is 15.2 Å². The first-order chi connectivity index (χ1) is 13.0. The Morgan fingerprint density at radius 1 is 1.22 bits per heavy atom. The molecule has 27 heavy (non-hydrogen) atoms. The predicted molar refractivity (Wildman–Crippen MR) is 105 cm³/mol. The second-order valence-corrected chi connectivity index (χ2v) is 7.65. The van der Waals surface area contributed by atoms with Crippen molar-refractivity contribution in [2.75, 3.05) is 13.6 Å². The maximum Gasteiger partial charge on any atom is 0.191 e. The highest BCUT2D eigenvalue weighted by atomic mass is 19.1. The molecule has 1 fully saturated rings. The lowest BCUT2D eigenvalue weighted by Crippen LogP contribution is -2.44. The highest BCUT2D eigenvalue weighted by Gasteiger charge is 2.35. The molecule has 1 heterocycles. The molecule has 1 aromatic carbocycles. The zero-order valence-electron chi connectivity index (χ0n) is 16.4. The molecule has 2 N–H and O–H groups in total. The smallest absolute Gasteiger partial charge is 0.191 e. The number of benzene rings is 1. The van der Waals surface area contributed by atoms with Gasteiger partial charge in [-0.05, 0) is 36.5 Å². The zero-order chi connectivity index (χ0) is 19.3. The summed E-state index contributed by atoms with van der Waals surface area (Å²) < 4.78 is 18.7. The van der Waals surface area contributed by atoms with E-state index in [1.807, 2.05) is 18.2 Å². The molecular formula is C21H29FN4O. The number of guanidine groups is 1. The number of hydrogen-bond acceptors (Lipinski definition) is 3. The van der Waals surface area contributed by atoms with Crippen LogP contribution >= 0.6 is 0 Å². The lowest BCUT2D eigenvalue weighted by Gasteiger charge is -2.30. The second-order valence-electron chi connectivity index (χ2n) is 7.65. The van der Waals surface area contributed by atoms with Crippen LogP contribution in [0.4, 0.5) is 4.39 Å². The third kappa shape index (κ3) is 4.67. The first-order valence-corrected chi connectivity index (χ1v) is 9.68. The van der Waals surface area contributed by atoms with Crippen LogP contribution in [0.5, 0.6) is 0 Å². The summed E-state index contributed by atoms with van der Waals surface area (Å²) in [6.45, 7) is 5.48. The molecule has 5 nitrogen and oxygen atoms in total. The van der Waals surface area contributed by atoms with Crippen molar-refractivity contribution in [1.29, 1.82) is 0 Å². The summed E-state index contributed by atoms with van der Waals surface area (Å²) in [4.78, 5) is 4.32. The Labute approximate surface area is 160 Å². The van der Waals surface area contributed by atoms with Crippen molar-refractivity contribution in [2.45, 2.75) is 57.4 Å². The van der Waals surface area contributed by atoms with Gasteiger partial charge in [0, 0.05) is 25.1 Å². The van der Waals surface area contributed by atoms with Gasteiger partial charge in [-0.2, -0.15) is 0 Å². The number of aromatic nitrogens is 1. The molecule has 0 amide bonds. The lowest BCUT2D eigenvalue weighted by atomic mass is 9.79. The Balaban J connectivity index is 1.60. The van der Waals surface area contributed by atoms with Crippen molar-refractivity contribution in [3.05, 3.63) is 53.2 Å². The Bertz CT molecular complexity index is 761. The summed E-state index contributed by atoms with van der Waals surface area (Å²) >= 11 is 0. The van der Waals surface area contributed by atoms with Crippen LogP contribution in [0.1, 0.15) is 62.5 Å². The quantitative estimate of drug-likeness (QED) is 0.592. The van der Waals surface area contributed by atoms with Crippen LogP contribution < -0.4 is 10.6 Å². The molecule has 2 aromatic rings. The van der Waals surface area contributed by atoms with Crippen LogP contribution in [0.3, 0.4) is 0 Å². The molecular weight excluding hydrogens is 343 g/mol. The van der Waals surface area contributed by atoms with E-state index < -0.39 is 0 Å². The lowest BCUT2D eigenvalue weighted by molar-refractivity contribution is 0.371. The van der Waals surface area contributed by atoms with Gasteiger partial charge in [-0.25, -0.2) is 4.39 Å². The van der Waals surface area contributed by atoms with Gasteiger partial charge >= 0.3 is 0 Å². The highest BCUT2D eigenvalue weighted by Crippen LogP contribution is 2.40. The Kier molecular flexibility index (Phi) is 6.14. The van der Waals surface area contributed by atoms with Gasteiger partial charge in [-0.15, -0.1) is 0 Å². The van der Waals surface area contributed by atoms with Gasteiger partial charge in [-0.1, -0.05) is 44.0 Å². The van der Waals surface area contributed by atoms with Crippen LogP contribution in [0.2, 0.25) is 0 Å². The van der Waals surface area contributed by atoms with E-state index >= 15 is 0 Å². The summed E-state index contributed by atoms with van der Waals surface area (Å²) in [5.74, 6) is 1.67. The predicted octanol–water partition coefficient (Wildman–Crippen LogP) is 4.11. The average Bonchev–Trinajstić information content (AvgIpc) is 3.33. The molecule has 1 aliphatic carbocycles. The van der Waals surface area contributed by atoms with Crippen molar-refractivity contribution >= 4 is 5.96 Å². The van der Waals surface area contributed by atoms with Crippen LogP contribution in [-0.4, -0.2) is 24.7 Å². The molecule has 0 bridgehead atoms. The minimum atomic E-state index is -0.190. The van der Waals surface area contributed by atoms with E-state index in [4.69, 9.17) is 4.52 Å². The molecule has 1 aromatic heterocycles. The number of halogens is 1. The van der Waals surface area contributed by atoms with E-state index in [2.05, 4.69) is 34.6 Å². The standard InChI is InChI=1S/C21H29FN4O/c1-15(2)19-12-18(27-26-19)13-24-20(23-3)25-14-21(10-4-5-11-21)16-6-8-17(22)9-7-16/h6-9,12,15H,4-5,10-11,13-14H2,1-3H3,(H2,23,24,25). The van der Waals surface area contributed by atoms with Crippen molar-refractivity contribution < 1.29 is 8.91 Å². The normalized spacial score (nSPS) is 16.7. The first-order valence-electron chi connectivity index (χ1n) is 9.68. The fourth-order valence-electron chi connectivity index (χ4n) is 3.75. The monoisotopic (exact) mass is 372 g/mol. The molecule has 0 atom stereocenters. The fourth-order valence-corrected chi connectivity index (χ4v) is 3.75. The molecule has 3 rings (SSSR count). The zero-order valence-corrected chi connectivity index (χ0v) is 16.4. The van der Waals surface area contributed by atoms with Crippen molar-refractivity contribution in [1.82, 2.24) is 15.8 Å². The van der Waals surface area contributed by atoms with E-state index in [-0.39, 0.29) is 11.2 Å². The SMILES string of the molecule is CN=C(NCc1cc(C(C)C)no1)NCC1(c2ccc(F)cc2)CCCC1. The minimum Gasteiger partial charge on any atom is -0.359 e. The number of nitrogens with one attached hydrogen (secondary N) is 2. The van der Waals surface area contributed by atoms with Crippen LogP contribution in [-0.2, 0) is 12.0 Å². The summed E-state index contributed by atoms with van der Waals surface area (Å²) in [5, 5.41) is 10.8. The second kappa shape index (κ2) is 8.55. The first kappa shape index (κ1) is 19.4. The van der Waals surface area contributed by atoms with Crippen molar-refractivity contribution in [2.24, 2.45) is 4.99 Å². The Hall–Kier alpha value is -2.37. The molecule has 0 saturated heterocycles. The summed E-state index contributed by atoms with van der Waals surface area (Å²) in [7, 11) is 1.76. The number of hydrogen-bond donors (Lipinski definition) is 2. The van der Waals surface area contributed by atoms with Gasteiger partial charge in [0.15, 0.2) is 11.7 Å². The minimum absolute atomic E-state index is 0.0301. The number of rotatable bonds is 6. The van der Waals surface area contributed by atoms with E-state index in [9.17, 15) is 4.39 Å². The van der Waals surface area contributed by atoms with E-state index in [1.165, 1.54) is 18.4 Å². The van der Waals surface area contributed by atoms with Crippen LogP contribution in [0.25, 0.3) is 0 Å². The van der Waals surface area contributed by atoms with Crippen LogP contribution in [0.15, 0.2) is 39.8 Å². The van der Waals surface area contributed by atoms with Gasteiger partial charge in [0.05, 0.1) is 12.2 Å². The summed E-state index contributed by atoms with van der Waals surface area (Å²) in [5.41, 5.74) is 2.18. The average molecular weight is 372 g/mol. The molecule has 0 unspecified atom stereocenters. The number of aliphatic imine (C=N–C) groups is 1. The fraction of sp³-hybridized carbons (Fsp3) is 0.524. The highest BCUT2D eigenvalue weighted by molar-refractivity contribution is 5.79. The van der Waals surface area contributed by atoms with E-state index in [1.54, 1.807) is 19.2 Å². The Morgan fingerprint density at radius 2 is 1.93 bits per heavy atom. The molecule has 0 aliphatic heterocycles. The van der Waals surface area contributed by atoms with Gasteiger partial charge in [0.2, 0.25) is 0 Å². The van der Waals surface area contributed by atoms with E-state index in [0.717, 1.165) is 36.8 Å². The van der Waals surface area contributed by atoms with Gasteiger partial charge in [-0.3, -0.25) is 4.99 Å². The molecule has 1 saturated carbocycles. The maximum atomic E-state index is 13.3. The summed E-state index contributed by atoms with van der Waals surface area (Å²) in [6.07, 6.45) is 4.59. The third-order valence-electron chi connectivity index (χ3n) is 5.43. The van der Waals surface area contributed by atoms with Crippen molar-refractivity contribution in [3.63, 3.8) is 0 Å².